The maximum atomic E-state index is 6.64. The summed E-state index contributed by atoms with van der Waals surface area (Å²) in [4.78, 5) is 16.3. The lowest BCUT2D eigenvalue weighted by Gasteiger charge is -2.49. The molecule has 4 N–H and O–H groups in total. The minimum Gasteiger partial charge on any atom is -0.382 e. The molecule has 0 fully saturated rings. The number of nitrogens with zero attached hydrogens (tertiary/aromatic N) is 8. The monoisotopic (exact) mass is 536 g/mol. The minimum absolute atomic E-state index is 0.352. The average Bonchev–Trinajstić information content (AvgIpc) is 3.22. The molecule has 0 aliphatic carbocycles. The highest BCUT2D eigenvalue weighted by Gasteiger charge is 2.29. The number of benzene rings is 1. The van der Waals surface area contributed by atoms with E-state index in [1.165, 1.54) is 11.1 Å². The van der Waals surface area contributed by atoms with Gasteiger partial charge in [0.25, 0.3) is 0 Å². The van der Waals surface area contributed by atoms with Gasteiger partial charge in [0.15, 0.2) is 23.1 Å². The molecule has 10 nitrogen and oxygen atoms in total. The Bertz CT molecular complexity index is 1390. The second-order valence-corrected chi connectivity index (χ2v) is 13.9. The summed E-state index contributed by atoms with van der Waals surface area (Å²) in [6, 6.07) is 12.1. The van der Waals surface area contributed by atoms with E-state index in [-0.39, 0.29) is 0 Å². The molecule has 0 unspecified atom stereocenters. The Labute approximate surface area is 227 Å². The smallest absolute Gasteiger partial charge is 0.184 e. The molecule has 4 rings (SSSR count). The molecule has 0 amide bonds. The van der Waals surface area contributed by atoms with Crippen LogP contribution < -0.4 is 15.8 Å². The SMILES string of the molecule is Cc1ccccc1Cn1nc(-c2nc(N)c(N(CCCN(C)C)S(C)(C)N(C)C)c(N)n2)c2cccnc21. The van der Waals surface area contributed by atoms with E-state index in [0.29, 0.717) is 35.4 Å². The van der Waals surface area contributed by atoms with Crippen molar-refractivity contribution in [2.75, 3.05) is 69.6 Å². The summed E-state index contributed by atoms with van der Waals surface area (Å²) in [5, 5.41) is 5.75. The first-order chi connectivity index (χ1) is 18.0. The first kappa shape index (κ1) is 27.6. The van der Waals surface area contributed by atoms with Crippen molar-refractivity contribution in [1.82, 2.24) is 33.9 Å². The maximum absolute atomic E-state index is 6.64. The zero-order valence-corrected chi connectivity index (χ0v) is 24.3. The van der Waals surface area contributed by atoms with Gasteiger partial charge in [-0.1, -0.05) is 24.3 Å². The van der Waals surface area contributed by atoms with E-state index in [2.05, 4.69) is 78.3 Å². The molecule has 0 aliphatic rings. The van der Waals surface area contributed by atoms with Gasteiger partial charge in [0.2, 0.25) is 0 Å². The topological polar surface area (TPSA) is 118 Å². The fourth-order valence-corrected chi connectivity index (χ4v) is 5.98. The lowest BCUT2D eigenvalue weighted by atomic mass is 10.1. The summed E-state index contributed by atoms with van der Waals surface area (Å²) in [6.45, 7) is 4.42. The number of anilines is 3. The number of nitrogens with two attached hydrogens (primary N) is 2. The Morgan fingerprint density at radius 2 is 1.61 bits per heavy atom. The Balaban J connectivity index is 1.78. The molecule has 0 spiro atoms. The van der Waals surface area contributed by atoms with Crippen LogP contribution in [0.2, 0.25) is 0 Å². The number of fused-ring (bicyclic) bond motifs is 1. The fraction of sp³-hybridized carbons (Fsp3) is 0.407. The van der Waals surface area contributed by atoms with Gasteiger partial charge in [-0.3, -0.25) is 4.31 Å². The van der Waals surface area contributed by atoms with Gasteiger partial charge in [-0.05, 0) is 83.9 Å². The molecule has 4 aromatic rings. The van der Waals surface area contributed by atoms with Crippen LogP contribution in [-0.2, 0) is 6.54 Å². The fourth-order valence-electron chi connectivity index (χ4n) is 4.37. The zero-order valence-electron chi connectivity index (χ0n) is 23.5. The van der Waals surface area contributed by atoms with Gasteiger partial charge < -0.3 is 20.7 Å². The van der Waals surface area contributed by atoms with Gasteiger partial charge in [0.1, 0.15) is 11.4 Å². The van der Waals surface area contributed by atoms with Crippen LogP contribution in [0.5, 0.6) is 0 Å². The molecule has 0 bridgehead atoms. The predicted molar refractivity (Wildman–Crippen MR) is 161 cm³/mol. The lowest BCUT2D eigenvalue weighted by molar-refractivity contribution is 0.403. The van der Waals surface area contributed by atoms with Gasteiger partial charge in [-0.2, -0.15) is 5.10 Å². The molecule has 0 atom stereocenters. The van der Waals surface area contributed by atoms with Crippen LogP contribution in [0.15, 0.2) is 42.6 Å². The molecular weight excluding hydrogens is 496 g/mol. The van der Waals surface area contributed by atoms with Crippen LogP contribution in [-0.4, -0.2) is 87.7 Å². The zero-order chi connectivity index (χ0) is 27.6. The summed E-state index contributed by atoms with van der Waals surface area (Å²) < 4.78 is 6.40. The van der Waals surface area contributed by atoms with E-state index in [1.807, 2.05) is 28.9 Å². The van der Waals surface area contributed by atoms with Crippen molar-refractivity contribution in [1.29, 1.82) is 0 Å². The average molecular weight is 537 g/mol. The molecule has 0 saturated heterocycles. The van der Waals surface area contributed by atoms with Crippen LogP contribution in [0.3, 0.4) is 0 Å². The summed E-state index contributed by atoms with van der Waals surface area (Å²) in [5.74, 6) is 1.10. The number of hydrogen-bond donors (Lipinski definition) is 2. The van der Waals surface area contributed by atoms with Gasteiger partial charge in [0.05, 0.1) is 11.9 Å². The second kappa shape index (κ2) is 11.1. The van der Waals surface area contributed by atoms with Crippen molar-refractivity contribution in [3.8, 4) is 11.5 Å². The molecule has 1 aromatic carbocycles. The highest BCUT2D eigenvalue weighted by Crippen LogP contribution is 2.51. The van der Waals surface area contributed by atoms with Crippen molar-refractivity contribution in [2.24, 2.45) is 0 Å². The van der Waals surface area contributed by atoms with Crippen molar-refractivity contribution in [2.45, 2.75) is 19.9 Å². The Kier molecular flexibility index (Phi) is 8.10. The van der Waals surface area contributed by atoms with Gasteiger partial charge in [-0.25, -0.2) is 19.6 Å². The summed E-state index contributed by atoms with van der Waals surface area (Å²) >= 11 is 0. The Morgan fingerprint density at radius 3 is 2.24 bits per heavy atom. The standard InChI is InChI=1S/C27H40N10S/c1-19-12-8-9-13-20(19)18-36-27-21(14-10-15-30-27)22(33-36)26-31-24(28)23(25(29)32-26)37(17-11-16-34(2)3)38(6,7)35(4)5/h8-10,12-15H,11,16-18H2,1-7H3,(H4,28,29,31,32). The molecule has 11 heteroatoms. The van der Waals surface area contributed by atoms with Crippen molar-refractivity contribution < 1.29 is 0 Å². The number of aromatic nitrogens is 5. The molecule has 3 heterocycles. The normalized spacial score (nSPS) is 12.6. The minimum atomic E-state index is -1.40. The first-order valence-electron chi connectivity index (χ1n) is 12.6. The molecule has 38 heavy (non-hydrogen) atoms. The second-order valence-electron chi connectivity index (χ2n) is 10.3. The van der Waals surface area contributed by atoms with Crippen LogP contribution in [0.1, 0.15) is 17.5 Å². The van der Waals surface area contributed by atoms with E-state index >= 15 is 0 Å². The van der Waals surface area contributed by atoms with Gasteiger partial charge in [0, 0.05) is 12.7 Å². The van der Waals surface area contributed by atoms with Crippen molar-refractivity contribution >= 4 is 38.8 Å². The van der Waals surface area contributed by atoms with Crippen LogP contribution in [0.4, 0.5) is 17.3 Å². The van der Waals surface area contributed by atoms with Crippen LogP contribution in [0, 0.1) is 6.92 Å². The van der Waals surface area contributed by atoms with E-state index in [4.69, 9.17) is 26.5 Å². The van der Waals surface area contributed by atoms with E-state index in [9.17, 15) is 0 Å². The molecule has 0 aliphatic heterocycles. The van der Waals surface area contributed by atoms with Gasteiger partial charge >= 0.3 is 0 Å². The van der Waals surface area contributed by atoms with Crippen molar-refractivity contribution in [3.05, 3.63) is 53.7 Å². The largest absolute Gasteiger partial charge is 0.382 e. The predicted octanol–water partition coefficient (Wildman–Crippen LogP) is 3.62. The molecule has 3 aromatic heterocycles. The van der Waals surface area contributed by atoms with Gasteiger partial charge in [-0.15, -0.1) is 10.4 Å². The quantitative estimate of drug-likeness (QED) is 0.313. The third-order valence-electron chi connectivity index (χ3n) is 6.89. The van der Waals surface area contributed by atoms with E-state index in [1.54, 1.807) is 6.20 Å². The van der Waals surface area contributed by atoms with Crippen LogP contribution >= 0.6 is 10.4 Å². The maximum Gasteiger partial charge on any atom is 0.184 e. The molecule has 204 valence electrons. The third kappa shape index (κ3) is 5.54. The molecule has 0 saturated carbocycles. The number of nitrogen functional groups attached to an aromatic ring is 2. The highest BCUT2D eigenvalue weighted by molar-refractivity contribution is 8.31. The number of pyridine rings is 1. The van der Waals surface area contributed by atoms with E-state index in [0.717, 1.165) is 30.5 Å². The lowest BCUT2D eigenvalue weighted by Crippen LogP contribution is -2.38. The highest BCUT2D eigenvalue weighted by atomic mass is 32.3. The third-order valence-corrected chi connectivity index (χ3v) is 10.1. The number of rotatable bonds is 10. The number of aryl methyl sites for hydroxylation is 1. The summed E-state index contributed by atoms with van der Waals surface area (Å²) in [5.41, 5.74) is 17.7. The Hall–Kier alpha value is -3.41. The van der Waals surface area contributed by atoms with Crippen molar-refractivity contribution in [3.63, 3.8) is 0 Å². The summed E-state index contributed by atoms with van der Waals surface area (Å²) in [6.07, 6.45) is 7.17. The van der Waals surface area contributed by atoms with Crippen LogP contribution in [0.25, 0.3) is 22.6 Å². The number of hydrogen-bond acceptors (Lipinski definition) is 9. The first-order valence-corrected chi connectivity index (χ1v) is 15.0. The molecule has 0 radical (unpaired) electrons. The summed E-state index contributed by atoms with van der Waals surface area (Å²) in [7, 11) is 6.91. The molecular formula is C27H40N10S. The Morgan fingerprint density at radius 1 is 0.921 bits per heavy atom. The van der Waals surface area contributed by atoms with E-state index < -0.39 is 10.4 Å².